The Kier molecular flexibility index (Phi) is 6.85. The Labute approximate surface area is 160 Å². The molecule has 0 aromatic heterocycles. The molecule has 1 saturated heterocycles. The molecule has 2 N–H and O–H groups in total. The second kappa shape index (κ2) is 9.76. The van der Waals surface area contributed by atoms with Crippen LogP contribution in [0.3, 0.4) is 0 Å². The lowest BCUT2D eigenvalue weighted by atomic mass is 10.1. The third kappa shape index (κ3) is 5.84. The zero-order valence-corrected chi connectivity index (χ0v) is 15.6. The minimum absolute atomic E-state index is 0.452. The summed E-state index contributed by atoms with van der Waals surface area (Å²) in [5, 5.41) is 5.35. The van der Waals surface area contributed by atoms with Gasteiger partial charge in [-0.3, -0.25) is 9.59 Å². The summed E-state index contributed by atoms with van der Waals surface area (Å²) in [7, 11) is 0. The van der Waals surface area contributed by atoms with Gasteiger partial charge >= 0.3 is 11.8 Å². The first-order valence-corrected chi connectivity index (χ1v) is 9.66. The predicted octanol–water partition coefficient (Wildman–Crippen LogP) is 2.30. The van der Waals surface area contributed by atoms with E-state index in [1.54, 1.807) is 0 Å². The van der Waals surface area contributed by atoms with E-state index in [9.17, 15) is 9.59 Å². The number of benzene rings is 2. The molecule has 1 aliphatic heterocycles. The molecule has 2 aromatic carbocycles. The fraction of sp³-hybridized carbons (Fsp3) is 0.364. The highest BCUT2D eigenvalue weighted by molar-refractivity contribution is 6.35. The van der Waals surface area contributed by atoms with Crippen LogP contribution in [0.15, 0.2) is 54.6 Å². The van der Waals surface area contributed by atoms with Crippen molar-refractivity contribution in [3.8, 4) is 0 Å². The molecule has 0 spiro atoms. The summed E-state index contributed by atoms with van der Waals surface area (Å²) < 4.78 is 0. The van der Waals surface area contributed by atoms with Crippen LogP contribution in [0.5, 0.6) is 0 Å². The smallest absolute Gasteiger partial charge is 0.309 e. The van der Waals surface area contributed by atoms with Crippen molar-refractivity contribution in [1.29, 1.82) is 0 Å². The fourth-order valence-electron chi connectivity index (χ4n) is 3.29. The monoisotopic (exact) mass is 365 g/mol. The molecule has 0 atom stereocenters. The van der Waals surface area contributed by atoms with Gasteiger partial charge < -0.3 is 15.5 Å². The lowest BCUT2D eigenvalue weighted by molar-refractivity contribution is -0.139. The molecule has 2 aromatic rings. The van der Waals surface area contributed by atoms with Gasteiger partial charge in [-0.15, -0.1) is 0 Å². The highest BCUT2D eigenvalue weighted by Crippen LogP contribution is 2.20. The zero-order valence-electron chi connectivity index (χ0n) is 15.6. The van der Waals surface area contributed by atoms with E-state index < -0.39 is 11.8 Å². The number of amides is 2. The van der Waals surface area contributed by atoms with Crippen LogP contribution >= 0.6 is 0 Å². The highest BCUT2D eigenvalue weighted by atomic mass is 16.2. The molecule has 0 bridgehead atoms. The second-order valence-electron chi connectivity index (χ2n) is 6.86. The van der Waals surface area contributed by atoms with Crippen molar-refractivity contribution >= 4 is 17.5 Å². The number of anilines is 1. The van der Waals surface area contributed by atoms with Crippen LogP contribution in [-0.4, -0.2) is 38.0 Å². The summed E-state index contributed by atoms with van der Waals surface area (Å²) in [4.78, 5) is 26.1. The molecular weight excluding hydrogens is 338 g/mol. The Morgan fingerprint density at radius 2 is 1.26 bits per heavy atom. The first kappa shape index (κ1) is 19.0. The van der Waals surface area contributed by atoms with Gasteiger partial charge in [0.25, 0.3) is 0 Å². The van der Waals surface area contributed by atoms with Gasteiger partial charge in [0.2, 0.25) is 0 Å². The van der Waals surface area contributed by atoms with Crippen molar-refractivity contribution < 1.29 is 9.59 Å². The maximum atomic E-state index is 11.9. The number of hydrogen-bond donors (Lipinski definition) is 2. The third-order valence-corrected chi connectivity index (χ3v) is 4.86. The zero-order chi connectivity index (χ0) is 18.9. The largest absolute Gasteiger partial charge is 0.372 e. The lowest BCUT2D eigenvalue weighted by Crippen LogP contribution is -2.41. The first-order chi connectivity index (χ1) is 13.2. The number of carbonyl (C=O) groups is 2. The van der Waals surface area contributed by atoms with Crippen molar-refractivity contribution in [2.45, 2.75) is 25.7 Å². The van der Waals surface area contributed by atoms with Crippen LogP contribution in [0.1, 0.15) is 24.0 Å². The summed E-state index contributed by atoms with van der Waals surface area (Å²) in [6, 6.07) is 18.3. The number of carbonyl (C=O) groups excluding carboxylic acids is 2. The maximum absolute atomic E-state index is 11.9. The standard InChI is InChI=1S/C22H27N3O2/c26-21(23-14-12-18-6-2-1-3-7-18)22(27)24-15-13-19-8-10-20(11-9-19)25-16-4-5-17-25/h1-3,6-11H,4-5,12-17H2,(H,23,26)(H,24,27). The van der Waals surface area contributed by atoms with Crippen molar-refractivity contribution in [3.05, 3.63) is 65.7 Å². The first-order valence-electron chi connectivity index (χ1n) is 9.66. The maximum Gasteiger partial charge on any atom is 0.309 e. The van der Waals surface area contributed by atoms with Gasteiger partial charge in [-0.1, -0.05) is 42.5 Å². The third-order valence-electron chi connectivity index (χ3n) is 4.86. The summed E-state index contributed by atoms with van der Waals surface area (Å²) in [5.41, 5.74) is 3.55. The molecule has 5 nitrogen and oxygen atoms in total. The van der Waals surface area contributed by atoms with Crippen LogP contribution in [0.2, 0.25) is 0 Å². The van der Waals surface area contributed by atoms with E-state index in [0.29, 0.717) is 25.9 Å². The summed E-state index contributed by atoms with van der Waals surface area (Å²) in [5.74, 6) is -1.15. The average molecular weight is 365 g/mol. The van der Waals surface area contributed by atoms with E-state index in [1.807, 2.05) is 30.3 Å². The normalized spacial score (nSPS) is 13.4. The Balaban J connectivity index is 1.34. The van der Waals surface area contributed by atoms with Crippen molar-refractivity contribution in [1.82, 2.24) is 10.6 Å². The van der Waals surface area contributed by atoms with E-state index in [1.165, 1.54) is 18.5 Å². The SMILES string of the molecule is O=C(NCCc1ccccc1)C(=O)NCCc1ccc(N2CCCC2)cc1. The fourth-order valence-corrected chi connectivity index (χ4v) is 3.29. The summed E-state index contributed by atoms with van der Waals surface area (Å²) in [6.45, 7) is 3.17. The van der Waals surface area contributed by atoms with E-state index >= 15 is 0 Å². The van der Waals surface area contributed by atoms with E-state index in [-0.39, 0.29) is 0 Å². The van der Waals surface area contributed by atoms with E-state index in [2.05, 4.69) is 39.8 Å². The molecule has 0 radical (unpaired) electrons. The molecule has 27 heavy (non-hydrogen) atoms. The van der Waals surface area contributed by atoms with Crippen molar-refractivity contribution in [3.63, 3.8) is 0 Å². The van der Waals surface area contributed by atoms with Crippen LogP contribution in [0.4, 0.5) is 5.69 Å². The predicted molar refractivity (Wildman–Crippen MR) is 108 cm³/mol. The van der Waals surface area contributed by atoms with Gasteiger partial charge in [0.1, 0.15) is 0 Å². The van der Waals surface area contributed by atoms with Gasteiger partial charge in [0.15, 0.2) is 0 Å². The molecule has 1 fully saturated rings. The van der Waals surface area contributed by atoms with Gasteiger partial charge in [-0.05, 0) is 48.9 Å². The minimum atomic E-state index is -0.574. The van der Waals surface area contributed by atoms with E-state index in [4.69, 9.17) is 0 Å². The Morgan fingerprint density at radius 3 is 1.81 bits per heavy atom. The quantitative estimate of drug-likeness (QED) is 0.740. The van der Waals surface area contributed by atoms with E-state index in [0.717, 1.165) is 24.2 Å². The van der Waals surface area contributed by atoms with Gasteiger partial charge in [0.05, 0.1) is 0 Å². The van der Waals surface area contributed by atoms with Gasteiger partial charge in [-0.25, -0.2) is 0 Å². The Bertz CT molecular complexity index is 738. The highest BCUT2D eigenvalue weighted by Gasteiger charge is 2.13. The van der Waals surface area contributed by atoms with Crippen molar-refractivity contribution in [2.24, 2.45) is 0 Å². The van der Waals surface area contributed by atoms with Crippen LogP contribution < -0.4 is 15.5 Å². The average Bonchev–Trinajstić information content (AvgIpc) is 3.24. The summed E-state index contributed by atoms with van der Waals surface area (Å²) in [6.07, 6.45) is 3.95. The topological polar surface area (TPSA) is 61.4 Å². The molecule has 1 heterocycles. The molecular formula is C22H27N3O2. The molecule has 1 aliphatic rings. The van der Waals surface area contributed by atoms with Crippen LogP contribution in [0, 0.1) is 0 Å². The van der Waals surface area contributed by atoms with Crippen LogP contribution in [-0.2, 0) is 22.4 Å². The second-order valence-corrected chi connectivity index (χ2v) is 6.86. The minimum Gasteiger partial charge on any atom is -0.372 e. The molecule has 142 valence electrons. The van der Waals surface area contributed by atoms with Crippen molar-refractivity contribution in [2.75, 3.05) is 31.1 Å². The number of rotatable bonds is 7. The molecule has 2 amide bonds. The molecule has 0 saturated carbocycles. The summed E-state index contributed by atoms with van der Waals surface area (Å²) >= 11 is 0. The molecule has 3 rings (SSSR count). The molecule has 0 aliphatic carbocycles. The number of nitrogens with zero attached hydrogens (tertiary/aromatic N) is 1. The number of nitrogens with one attached hydrogen (secondary N) is 2. The number of hydrogen-bond acceptors (Lipinski definition) is 3. The van der Waals surface area contributed by atoms with Gasteiger partial charge in [-0.2, -0.15) is 0 Å². The van der Waals surface area contributed by atoms with Crippen LogP contribution in [0.25, 0.3) is 0 Å². The Hall–Kier alpha value is -2.82. The van der Waals surface area contributed by atoms with Gasteiger partial charge in [0, 0.05) is 31.9 Å². The lowest BCUT2D eigenvalue weighted by Gasteiger charge is -2.17. The molecule has 0 unspecified atom stereocenters. The molecule has 5 heteroatoms. The Morgan fingerprint density at radius 1 is 0.741 bits per heavy atom.